The Labute approximate surface area is 336 Å². The maximum absolute atomic E-state index is 10.3. The maximum Gasteiger partial charge on any atom is 0.303 e. The Hall–Kier alpha value is -0.341. The fourth-order valence-corrected chi connectivity index (χ4v) is 5.34. The van der Waals surface area contributed by atoms with Gasteiger partial charge in [0.2, 0.25) is 0 Å². The number of carbonyl (C=O) groups is 2. The molecule has 0 aliphatic heterocycles. The summed E-state index contributed by atoms with van der Waals surface area (Å²) in [5.74, 6) is -1.36. The van der Waals surface area contributed by atoms with Crippen LogP contribution in [0.4, 0.5) is 0 Å². The van der Waals surface area contributed by atoms with Crippen molar-refractivity contribution >= 4 is 35.8 Å². The van der Waals surface area contributed by atoms with E-state index in [2.05, 4.69) is 41.5 Å². The number of unbranched alkanes of at least 4 members (excludes halogenated alkanes) is 22. The average Bonchev–Trinajstić information content (AvgIpc) is 3.10. The smallest absolute Gasteiger partial charge is 0.303 e. The largest absolute Gasteiger partial charge is 0.481 e. The third kappa shape index (κ3) is 71.7. The molecule has 51 heavy (non-hydrogen) atoms. The molecule has 0 fully saturated rings. The summed E-state index contributed by atoms with van der Waals surface area (Å²) in [6.07, 6.45) is 37.8. The van der Waals surface area contributed by atoms with E-state index in [1.165, 1.54) is 128 Å². The first kappa shape index (κ1) is 59.9. The molecule has 0 aromatic rings. The van der Waals surface area contributed by atoms with Gasteiger partial charge in [-0.15, -0.1) is 0 Å². The summed E-state index contributed by atoms with van der Waals surface area (Å²) < 4.78 is 0. The molecule has 0 aromatic carbocycles. The second kappa shape index (κ2) is 56.4. The molecule has 0 bridgehead atoms. The minimum Gasteiger partial charge on any atom is -0.481 e. The molecule has 2 atom stereocenters. The Morgan fingerprint density at radius 3 is 0.725 bits per heavy atom. The summed E-state index contributed by atoms with van der Waals surface area (Å²) in [7, 11) is 0. The average molecular weight is 836 g/mol. The zero-order chi connectivity index (χ0) is 38.4. The Morgan fingerprint density at radius 1 is 0.333 bits per heavy atom. The molecule has 4 N–H and O–H groups in total. The molecule has 0 saturated heterocycles. The van der Waals surface area contributed by atoms with Crippen LogP contribution in [0.5, 0.6) is 0 Å². The SMILES string of the molecule is CCCC.CCCC.CCCCCCC(O)CCCCCCCCCCC(=O)O.CCCCCCC(O)CCCCCCCCCCC(=O)O.[Sn]. The van der Waals surface area contributed by atoms with Gasteiger partial charge in [0.1, 0.15) is 0 Å². The van der Waals surface area contributed by atoms with Crippen LogP contribution in [0.2, 0.25) is 0 Å². The third-order valence-corrected chi connectivity index (χ3v) is 9.14. The van der Waals surface area contributed by atoms with Crippen molar-refractivity contribution in [3.05, 3.63) is 0 Å². The Kier molecular flexibility index (Phi) is 66.3. The van der Waals surface area contributed by atoms with Gasteiger partial charge in [-0.3, -0.25) is 9.59 Å². The van der Waals surface area contributed by atoms with Crippen LogP contribution in [0.25, 0.3) is 0 Å². The van der Waals surface area contributed by atoms with Gasteiger partial charge in [-0.1, -0.05) is 208 Å². The van der Waals surface area contributed by atoms with Crippen LogP contribution in [-0.4, -0.2) is 68.5 Å². The van der Waals surface area contributed by atoms with Crippen molar-refractivity contribution in [2.75, 3.05) is 0 Å². The predicted molar refractivity (Wildman–Crippen MR) is 224 cm³/mol. The van der Waals surface area contributed by atoms with Crippen LogP contribution in [-0.2, 0) is 9.59 Å². The van der Waals surface area contributed by atoms with E-state index in [-0.39, 0.29) is 36.1 Å². The molecule has 0 rings (SSSR count). The van der Waals surface area contributed by atoms with Crippen LogP contribution in [0.1, 0.15) is 260 Å². The minimum absolute atomic E-state index is 0. The number of aliphatic hydroxyl groups is 2. The van der Waals surface area contributed by atoms with E-state index >= 15 is 0 Å². The van der Waals surface area contributed by atoms with Gasteiger partial charge in [-0.05, 0) is 38.5 Å². The standard InChI is InChI=1S/2C18H36O3.2C4H10.Sn/c2*1-2-3-4-11-14-17(19)15-12-9-7-5-6-8-10-13-16-18(20)21;2*1-3-4-2;/h2*17,19H,2-16H2,1H3,(H,20,21);2*3-4H2,1-2H3;. The molecule has 0 spiro atoms. The number of aliphatic carboxylic acids is 2. The van der Waals surface area contributed by atoms with Crippen molar-refractivity contribution in [2.24, 2.45) is 0 Å². The Balaban J connectivity index is -0.000000224. The van der Waals surface area contributed by atoms with Gasteiger partial charge >= 0.3 is 11.9 Å². The first-order chi connectivity index (χ1) is 24.2. The van der Waals surface area contributed by atoms with E-state index in [0.29, 0.717) is 12.8 Å². The maximum atomic E-state index is 10.3. The zero-order valence-electron chi connectivity index (χ0n) is 35.3. The Bertz CT molecular complexity index is 562. The van der Waals surface area contributed by atoms with Gasteiger partial charge in [0.15, 0.2) is 0 Å². The van der Waals surface area contributed by atoms with Crippen LogP contribution < -0.4 is 0 Å². The monoisotopic (exact) mass is 837 g/mol. The molecule has 0 heterocycles. The molecular formula is C44H92O6Sn. The van der Waals surface area contributed by atoms with E-state index < -0.39 is 11.9 Å². The zero-order valence-corrected chi connectivity index (χ0v) is 38.2. The summed E-state index contributed by atoms with van der Waals surface area (Å²) in [5, 5.41) is 36.7. The third-order valence-electron chi connectivity index (χ3n) is 9.14. The van der Waals surface area contributed by atoms with E-state index in [4.69, 9.17) is 10.2 Å². The first-order valence-electron chi connectivity index (χ1n) is 22.0. The van der Waals surface area contributed by atoms with Gasteiger partial charge in [-0.25, -0.2) is 0 Å². The predicted octanol–water partition coefficient (Wildman–Crippen LogP) is 13.8. The van der Waals surface area contributed by atoms with Gasteiger partial charge in [-0.2, -0.15) is 0 Å². The fraction of sp³-hybridized carbons (Fsp3) is 0.955. The van der Waals surface area contributed by atoms with Gasteiger partial charge in [0.25, 0.3) is 0 Å². The van der Waals surface area contributed by atoms with E-state index in [9.17, 15) is 19.8 Å². The molecule has 0 aliphatic carbocycles. The summed E-state index contributed by atoms with van der Waals surface area (Å²) in [5.41, 5.74) is 0. The van der Waals surface area contributed by atoms with E-state index in [1.807, 2.05) is 0 Å². The first-order valence-corrected chi connectivity index (χ1v) is 22.0. The van der Waals surface area contributed by atoms with Crippen LogP contribution in [0.3, 0.4) is 0 Å². The van der Waals surface area contributed by atoms with Crippen LogP contribution >= 0.6 is 0 Å². The molecule has 6 nitrogen and oxygen atoms in total. The summed E-state index contributed by atoms with van der Waals surface area (Å²) >= 11 is 0. The number of hydrogen-bond donors (Lipinski definition) is 4. The van der Waals surface area contributed by atoms with Crippen molar-refractivity contribution in [2.45, 2.75) is 272 Å². The summed E-state index contributed by atoms with van der Waals surface area (Å²) in [4.78, 5) is 20.7. The number of aliphatic hydroxyl groups excluding tert-OH is 2. The number of carboxylic acid groups (broad SMARTS) is 2. The molecule has 4 radical (unpaired) electrons. The molecule has 0 aliphatic rings. The molecule has 0 amide bonds. The second-order valence-corrected chi connectivity index (χ2v) is 14.5. The number of carboxylic acids is 2. The van der Waals surface area contributed by atoms with Crippen molar-refractivity contribution in [1.82, 2.24) is 0 Å². The number of rotatable bonds is 34. The molecule has 0 aromatic heterocycles. The molecular weight excluding hydrogens is 743 g/mol. The van der Waals surface area contributed by atoms with Gasteiger partial charge < -0.3 is 20.4 Å². The van der Waals surface area contributed by atoms with E-state index in [0.717, 1.165) is 77.0 Å². The summed E-state index contributed by atoms with van der Waals surface area (Å²) in [6.45, 7) is 13.1. The van der Waals surface area contributed by atoms with Gasteiger partial charge in [0, 0.05) is 36.7 Å². The van der Waals surface area contributed by atoms with Crippen LogP contribution in [0.15, 0.2) is 0 Å². The van der Waals surface area contributed by atoms with Gasteiger partial charge in [0.05, 0.1) is 12.2 Å². The Morgan fingerprint density at radius 2 is 0.529 bits per heavy atom. The van der Waals surface area contributed by atoms with Crippen LogP contribution in [0, 0.1) is 0 Å². The summed E-state index contributed by atoms with van der Waals surface area (Å²) in [6, 6.07) is 0. The molecule has 0 saturated carbocycles. The normalized spacial score (nSPS) is 11.5. The minimum atomic E-state index is -0.678. The van der Waals surface area contributed by atoms with E-state index in [1.54, 1.807) is 0 Å². The van der Waals surface area contributed by atoms with Crippen molar-refractivity contribution in [3.8, 4) is 0 Å². The number of hydrogen-bond acceptors (Lipinski definition) is 4. The topological polar surface area (TPSA) is 115 Å². The molecule has 7 heteroatoms. The molecule has 308 valence electrons. The molecule has 2 unspecified atom stereocenters. The fourth-order valence-electron chi connectivity index (χ4n) is 5.34. The van der Waals surface area contributed by atoms with Crippen molar-refractivity contribution < 1.29 is 30.0 Å². The van der Waals surface area contributed by atoms with Crippen molar-refractivity contribution in [1.29, 1.82) is 0 Å². The quantitative estimate of drug-likeness (QED) is 0.0379. The van der Waals surface area contributed by atoms with Crippen molar-refractivity contribution in [3.63, 3.8) is 0 Å². The second-order valence-electron chi connectivity index (χ2n) is 14.5.